The first-order valence-electron chi connectivity index (χ1n) is 6.73. The Balaban J connectivity index is 1.75. The number of fused-ring (bicyclic) bond motifs is 1. The summed E-state index contributed by atoms with van der Waals surface area (Å²) in [6.45, 7) is 2.16. The molecule has 0 aliphatic heterocycles. The number of pyridine rings is 1. The lowest BCUT2D eigenvalue weighted by Gasteiger charge is -2.15. The fraction of sp³-hybridized carbons (Fsp3) is 0.312. The van der Waals surface area contributed by atoms with Crippen LogP contribution < -0.4 is 5.32 Å². The van der Waals surface area contributed by atoms with Crippen molar-refractivity contribution < 1.29 is 0 Å². The molecule has 0 bridgehead atoms. The van der Waals surface area contributed by atoms with Gasteiger partial charge in [-0.05, 0) is 55.5 Å². The van der Waals surface area contributed by atoms with Gasteiger partial charge in [0.1, 0.15) is 5.82 Å². The van der Waals surface area contributed by atoms with Crippen molar-refractivity contribution in [3.63, 3.8) is 0 Å². The van der Waals surface area contributed by atoms with E-state index >= 15 is 0 Å². The number of nitrogens with zero attached hydrogens (tertiary/aromatic N) is 1. The van der Waals surface area contributed by atoms with E-state index in [0.717, 1.165) is 16.7 Å². The van der Waals surface area contributed by atoms with Gasteiger partial charge in [-0.15, -0.1) is 0 Å². The van der Waals surface area contributed by atoms with Crippen molar-refractivity contribution in [2.45, 2.75) is 32.2 Å². The Bertz CT molecular complexity index is 578. The van der Waals surface area contributed by atoms with Gasteiger partial charge in [0.25, 0.3) is 0 Å². The molecule has 19 heavy (non-hydrogen) atoms. The van der Waals surface area contributed by atoms with E-state index in [1.165, 1.54) is 29.7 Å². The topological polar surface area (TPSA) is 24.9 Å². The van der Waals surface area contributed by atoms with Crippen LogP contribution in [0.1, 0.15) is 36.2 Å². The monoisotopic (exact) mass is 316 g/mol. The molecule has 1 aromatic heterocycles. The number of benzene rings is 1. The lowest BCUT2D eigenvalue weighted by molar-refractivity contribution is 0.865. The van der Waals surface area contributed by atoms with Gasteiger partial charge in [-0.3, -0.25) is 0 Å². The van der Waals surface area contributed by atoms with Crippen LogP contribution in [0.15, 0.2) is 40.9 Å². The number of nitrogens with one attached hydrogen (secondary N) is 1. The van der Waals surface area contributed by atoms with E-state index in [1.54, 1.807) is 0 Å². The number of aromatic nitrogens is 1. The van der Waals surface area contributed by atoms with E-state index in [1.807, 2.05) is 0 Å². The minimum Gasteiger partial charge on any atom is -0.364 e. The summed E-state index contributed by atoms with van der Waals surface area (Å²) in [5.74, 6) is 0.982. The van der Waals surface area contributed by atoms with Crippen molar-refractivity contribution >= 4 is 21.7 Å². The van der Waals surface area contributed by atoms with E-state index < -0.39 is 0 Å². The minimum absolute atomic E-state index is 0.264. The van der Waals surface area contributed by atoms with Gasteiger partial charge in [-0.2, -0.15) is 0 Å². The third-order valence-electron chi connectivity index (χ3n) is 3.66. The van der Waals surface area contributed by atoms with Crippen LogP contribution in [-0.4, -0.2) is 4.98 Å². The third-order valence-corrected chi connectivity index (χ3v) is 4.19. The van der Waals surface area contributed by atoms with Crippen molar-refractivity contribution in [2.75, 3.05) is 5.32 Å². The maximum absolute atomic E-state index is 4.72. The fourth-order valence-electron chi connectivity index (χ4n) is 2.56. The SMILES string of the molecule is CC(Nc1ccc2c(n1)CCC2)c1ccc(Br)cc1. The predicted octanol–water partition coefficient (Wildman–Crippen LogP) is 4.51. The number of hydrogen-bond donors (Lipinski definition) is 1. The molecule has 1 aromatic carbocycles. The Labute approximate surface area is 122 Å². The molecule has 3 heteroatoms. The molecule has 1 aliphatic carbocycles. The molecule has 0 spiro atoms. The van der Waals surface area contributed by atoms with Crippen molar-refractivity contribution in [1.29, 1.82) is 0 Å². The summed E-state index contributed by atoms with van der Waals surface area (Å²) < 4.78 is 1.11. The summed E-state index contributed by atoms with van der Waals surface area (Å²) in [5.41, 5.74) is 3.96. The maximum Gasteiger partial charge on any atom is 0.126 e. The van der Waals surface area contributed by atoms with E-state index in [9.17, 15) is 0 Å². The molecule has 0 fully saturated rings. The average molecular weight is 317 g/mol. The number of halogens is 1. The van der Waals surface area contributed by atoms with Crippen LogP contribution in [0.2, 0.25) is 0 Å². The van der Waals surface area contributed by atoms with Crippen LogP contribution in [0.4, 0.5) is 5.82 Å². The molecule has 2 nitrogen and oxygen atoms in total. The summed E-state index contributed by atoms with van der Waals surface area (Å²) in [6.07, 6.45) is 3.55. The molecule has 0 saturated heterocycles. The van der Waals surface area contributed by atoms with Crippen LogP contribution in [-0.2, 0) is 12.8 Å². The second-order valence-electron chi connectivity index (χ2n) is 5.07. The molecule has 0 radical (unpaired) electrons. The Morgan fingerprint density at radius 3 is 2.68 bits per heavy atom. The Morgan fingerprint density at radius 2 is 1.89 bits per heavy atom. The van der Waals surface area contributed by atoms with E-state index in [4.69, 9.17) is 4.98 Å². The predicted molar refractivity (Wildman–Crippen MR) is 82.4 cm³/mol. The lowest BCUT2D eigenvalue weighted by atomic mass is 10.1. The van der Waals surface area contributed by atoms with Crippen LogP contribution in [0.3, 0.4) is 0 Å². The van der Waals surface area contributed by atoms with Gasteiger partial charge in [-0.1, -0.05) is 34.1 Å². The number of aryl methyl sites for hydroxylation is 2. The Morgan fingerprint density at radius 1 is 1.11 bits per heavy atom. The minimum atomic E-state index is 0.264. The highest BCUT2D eigenvalue weighted by Gasteiger charge is 2.13. The van der Waals surface area contributed by atoms with Crippen molar-refractivity contribution in [1.82, 2.24) is 4.98 Å². The van der Waals surface area contributed by atoms with E-state index in [2.05, 4.69) is 64.6 Å². The van der Waals surface area contributed by atoms with Crippen LogP contribution >= 0.6 is 15.9 Å². The molecular formula is C16H17BrN2. The van der Waals surface area contributed by atoms with Crippen LogP contribution in [0, 0.1) is 0 Å². The van der Waals surface area contributed by atoms with E-state index in [0.29, 0.717) is 0 Å². The zero-order chi connectivity index (χ0) is 13.2. The quantitative estimate of drug-likeness (QED) is 0.901. The standard InChI is InChI=1S/C16H17BrN2/c1-11(12-5-8-14(17)9-6-12)18-16-10-7-13-3-2-4-15(13)19-16/h5-11H,2-4H2,1H3,(H,18,19). The first-order valence-corrected chi connectivity index (χ1v) is 7.52. The van der Waals surface area contributed by atoms with Gasteiger partial charge in [0, 0.05) is 16.2 Å². The zero-order valence-electron chi connectivity index (χ0n) is 11.0. The van der Waals surface area contributed by atoms with Gasteiger partial charge in [-0.25, -0.2) is 4.98 Å². The molecule has 1 atom stereocenters. The molecule has 98 valence electrons. The second kappa shape index (κ2) is 5.33. The summed E-state index contributed by atoms with van der Waals surface area (Å²) in [5, 5.41) is 3.48. The summed E-state index contributed by atoms with van der Waals surface area (Å²) >= 11 is 3.46. The first-order chi connectivity index (χ1) is 9.22. The zero-order valence-corrected chi connectivity index (χ0v) is 12.6. The Kier molecular flexibility index (Phi) is 3.56. The highest BCUT2D eigenvalue weighted by molar-refractivity contribution is 9.10. The molecule has 3 rings (SSSR count). The smallest absolute Gasteiger partial charge is 0.126 e. The molecule has 1 aliphatic rings. The van der Waals surface area contributed by atoms with Crippen LogP contribution in [0.25, 0.3) is 0 Å². The molecule has 1 unspecified atom stereocenters. The number of hydrogen-bond acceptors (Lipinski definition) is 2. The molecule has 0 saturated carbocycles. The number of rotatable bonds is 3. The van der Waals surface area contributed by atoms with Crippen molar-refractivity contribution in [3.05, 3.63) is 57.7 Å². The summed E-state index contributed by atoms with van der Waals surface area (Å²) in [6, 6.07) is 13.0. The fourth-order valence-corrected chi connectivity index (χ4v) is 2.82. The normalized spacial score (nSPS) is 15.1. The molecular weight excluding hydrogens is 300 g/mol. The highest BCUT2D eigenvalue weighted by atomic mass is 79.9. The molecule has 2 aromatic rings. The van der Waals surface area contributed by atoms with E-state index in [-0.39, 0.29) is 6.04 Å². The van der Waals surface area contributed by atoms with Gasteiger partial charge >= 0.3 is 0 Å². The van der Waals surface area contributed by atoms with Crippen LogP contribution in [0.5, 0.6) is 0 Å². The molecule has 1 N–H and O–H groups in total. The van der Waals surface area contributed by atoms with Gasteiger partial charge in [0.2, 0.25) is 0 Å². The molecule has 1 heterocycles. The third kappa shape index (κ3) is 2.81. The summed E-state index contributed by atoms with van der Waals surface area (Å²) in [4.78, 5) is 4.72. The average Bonchev–Trinajstić information content (AvgIpc) is 2.87. The number of anilines is 1. The van der Waals surface area contributed by atoms with Gasteiger partial charge in [0.05, 0.1) is 0 Å². The summed E-state index contributed by atoms with van der Waals surface area (Å²) in [7, 11) is 0. The second-order valence-corrected chi connectivity index (χ2v) is 5.99. The van der Waals surface area contributed by atoms with Crippen molar-refractivity contribution in [2.24, 2.45) is 0 Å². The molecule has 0 amide bonds. The highest BCUT2D eigenvalue weighted by Crippen LogP contribution is 2.24. The van der Waals surface area contributed by atoms with Gasteiger partial charge < -0.3 is 5.32 Å². The maximum atomic E-state index is 4.72. The lowest BCUT2D eigenvalue weighted by Crippen LogP contribution is -2.08. The Hall–Kier alpha value is -1.35. The first kappa shape index (κ1) is 12.7. The van der Waals surface area contributed by atoms with Crippen molar-refractivity contribution in [3.8, 4) is 0 Å². The largest absolute Gasteiger partial charge is 0.364 e. The van der Waals surface area contributed by atoms with Gasteiger partial charge in [0.15, 0.2) is 0 Å².